The molecule has 0 aliphatic carbocycles. The molecule has 1 aromatic heterocycles. The molecule has 1 unspecified atom stereocenters. The van der Waals surface area contributed by atoms with Crippen LogP contribution in [0.5, 0.6) is 0 Å². The molecule has 11 heteroatoms. The van der Waals surface area contributed by atoms with Gasteiger partial charge in [0, 0.05) is 26.2 Å². The summed E-state index contributed by atoms with van der Waals surface area (Å²) in [5.41, 5.74) is -0.206. The molecule has 0 spiro atoms. The molecule has 150 valence electrons. The first-order valence-corrected chi connectivity index (χ1v) is 10.9. The standard InChI is InChI=1S/C15H25ClN4O3S2.HI/c1-3-17-14(19-11-15(2)7-4-10-23-15)18-8-9-20-25(21,22)13-6-5-12(16)24-13;/h5-6,20H,3-4,7-11H2,1-2H3,(H2,17,18,19);1H. The molecule has 7 nitrogen and oxygen atoms in total. The van der Waals surface area contributed by atoms with E-state index in [1.165, 1.54) is 6.07 Å². The Kier molecular flexibility index (Phi) is 10.1. The van der Waals surface area contributed by atoms with Crippen molar-refractivity contribution in [2.24, 2.45) is 4.99 Å². The average Bonchev–Trinajstić information content (AvgIpc) is 3.18. The lowest BCUT2D eigenvalue weighted by Gasteiger charge is -2.21. The first-order valence-electron chi connectivity index (χ1n) is 8.26. The Hall–Kier alpha value is -0.140. The van der Waals surface area contributed by atoms with Gasteiger partial charge in [0.25, 0.3) is 0 Å². The molecule has 1 aliphatic rings. The maximum absolute atomic E-state index is 12.1. The molecule has 26 heavy (non-hydrogen) atoms. The van der Waals surface area contributed by atoms with Crippen LogP contribution in [0.1, 0.15) is 26.7 Å². The predicted molar refractivity (Wildman–Crippen MR) is 118 cm³/mol. The fourth-order valence-corrected chi connectivity index (χ4v) is 4.99. The van der Waals surface area contributed by atoms with Crippen LogP contribution in [0.2, 0.25) is 4.34 Å². The van der Waals surface area contributed by atoms with E-state index < -0.39 is 10.0 Å². The average molecular weight is 537 g/mol. The highest BCUT2D eigenvalue weighted by atomic mass is 127. The number of nitrogens with zero attached hydrogens (tertiary/aromatic N) is 1. The third kappa shape index (κ3) is 7.47. The van der Waals surface area contributed by atoms with Crippen LogP contribution in [0.25, 0.3) is 0 Å². The Morgan fingerprint density at radius 3 is 2.73 bits per heavy atom. The van der Waals surface area contributed by atoms with E-state index in [9.17, 15) is 8.42 Å². The lowest BCUT2D eigenvalue weighted by atomic mass is 10.0. The molecular weight excluding hydrogens is 511 g/mol. The van der Waals surface area contributed by atoms with Gasteiger partial charge in [0.2, 0.25) is 10.0 Å². The van der Waals surface area contributed by atoms with Crippen molar-refractivity contribution in [3.05, 3.63) is 16.5 Å². The van der Waals surface area contributed by atoms with E-state index in [1.807, 2.05) is 6.92 Å². The molecule has 0 bridgehead atoms. The molecule has 1 aromatic rings. The molecule has 0 saturated carbocycles. The SMILES string of the molecule is CCNC(=NCC1(C)CCCO1)NCCNS(=O)(=O)c1ccc(Cl)s1.I. The van der Waals surface area contributed by atoms with E-state index in [0.29, 0.717) is 23.4 Å². The summed E-state index contributed by atoms with van der Waals surface area (Å²) in [6.07, 6.45) is 2.06. The smallest absolute Gasteiger partial charge is 0.250 e. The van der Waals surface area contributed by atoms with Crippen LogP contribution in [0.4, 0.5) is 0 Å². The van der Waals surface area contributed by atoms with Crippen molar-refractivity contribution in [1.82, 2.24) is 15.4 Å². The van der Waals surface area contributed by atoms with Gasteiger partial charge in [-0.1, -0.05) is 11.6 Å². The van der Waals surface area contributed by atoms with Crippen molar-refractivity contribution in [2.75, 3.05) is 32.8 Å². The van der Waals surface area contributed by atoms with Crippen LogP contribution in [0, 0.1) is 0 Å². The zero-order valence-electron chi connectivity index (χ0n) is 14.9. The number of ether oxygens (including phenoxy) is 1. The predicted octanol–water partition coefficient (Wildman–Crippen LogP) is 2.42. The van der Waals surface area contributed by atoms with Crippen molar-refractivity contribution in [1.29, 1.82) is 0 Å². The summed E-state index contributed by atoms with van der Waals surface area (Å²) < 4.78 is 33.1. The topological polar surface area (TPSA) is 91.8 Å². The molecule has 2 rings (SSSR count). The Morgan fingerprint density at radius 1 is 1.38 bits per heavy atom. The largest absolute Gasteiger partial charge is 0.373 e. The third-order valence-corrected chi connectivity index (χ3v) is 6.92. The minimum atomic E-state index is -3.52. The highest BCUT2D eigenvalue weighted by Gasteiger charge is 2.29. The third-order valence-electron chi connectivity index (χ3n) is 3.74. The number of hydrogen-bond acceptors (Lipinski definition) is 5. The van der Waals surface area contributed by atoms with Gasteiger partial charge in [0.15, 0.2) is 5.96 Å². The quantitative estimate of drug-likeness (QED) is 0.205. The van der Waals surface area contributed by atoms with E-state index in [0.717, 1.165) is 37.3 Å². The highest BCUT2D eigenvalue weighted by molar-refractivity contribution is 14.0. The lowest BCUT2D eigenvalue weighted by Crippen LogP contribution is -2.42. The molecule has 2 heterocycles. The molecule has 1 saturated heterocycles. The van der Waals surface area contributed by atoms with Gasteiger partial charge in [0.05, 0.1) is 16.5 Å². The van der Waals surface area contributed by atoms with Gasteiger partial charge in [-0.25, -0.2) is 13.1 Å². The summed E-state index contributed by atoms with van der Waals surface area (Å²) in [6.45, 7) is 6.79. The number of rotatable bonds is 8. The summed E-state index contributed by atoms with van der Waals surface area (Å²) in [6, 6.07) is 3.07. The van der Waals surface area contributed by atoms with Gasteiger partial charge in [-0.15, -0.1) is 35.3 Å². The number of halogens is 2. The maximum Gasteiger partial charge on any atom is 0.250 e. The fourth-order valence-electron chi connectivity index (χ4n) is 2.43. The number of thiophene rings is 1. The Morgan fingerprint density at radius 2 is 2.15 bits per heavy atom. The minimum absolute atomic E-state index is 0. The maximum atomic E-state index is 12.1. The number of sulfonamides is 1. The van der Waals surface area contributed by atoms with Crippen LogP contribution < -0.4 is 15.4 Å². The van der Waals surface area contributed by atoms with Crippen LogP contribution in [-0.4, -0.2) is 52.8 Å². The molecule has 0 radical (unpaired) electrons. The number of guanidine groups is 1. The summed E-state index contributed by atoms with van der Waals surface area (Å²) in [4.78, 5) is 4.54. The van der Waals surface area contributed by atoms with Crippen LogP contribution in [0.15, 0.2) is 21.3 Å². The van der Waals surface area contributed by atoms with Gasteiger partial charge >= 0.3 is 0 Å². The van der Waals surface area contributed by atoms with E-state index in [1.54, 1.807) is 6.07 Å². The van der Waals surface area contributed by atoms with Crippen molar-refractivity contribution in [2.45, 2.75) is 36.5 Å². The van der Waals surface area contributed by atoms with Gasteiger partial charge in [0.1, 0.15) is 4.21 Å². The van der Waals surface area contributed by atoms with Crippen LogP contribution in [-0.2, 0) is 14.8 Å². The van der Waals surface area contributed by atoms with E-state index in [2.05, 4.69) is 27.3 Å². The molecule has 1 fully saturated rings. The summed E-state index contributed by atoms with van der Waals surface area (Å²) in [5, 5.41) is 6.27. The first kappa shape index (κ1) is 23.9. The van der Waals surface area contributed by atoms with Crippen molar-refractivity contribution < 1.29 is 13.2 Å². The zero-order chi connectivity index (χ0) is 18.3. The second-order valence-electron chi connectivity index (χ2n) is 5.98. The van der Waals surface area contributed by atoms with E-state index >= 15 is 0 Å². The second-order valence-corrected chi connectivity index (χ2v) is 9.69. The van der Waals surface area contributed by atoms with Gasteiger partial charge < -0.3 is 15.4 Å². The molecule has 1 atom stereocenters. The van der Waals surface area contributed by atoms with E-state index in [-0.39, 0.29) is 40.3 Å². The van der Waals surface area contributed by atoms with Crippen molar-refractivity contribution >= 4 is 62.9 Å². The molecule has 1 aliphatic heterocycles. The minimum Gasteiger partial charge on any atom is -0.373 e. The molecule has 0 amide bonds. The van der Waals surface area contributed by atoms with Crippen LogP contribution >= 0.6 is 46.9 Å². The van der Waals surface area contributed by atoms with Crippen LogP contribution in [0.3, 0.4) is 0 Å². The molecular formula is C15H26ClIN4O3S2. The van der Waals surface area contributed by atoms with Crippen molar-refractivity contribution in [3.8, 4) is 0 Å². The summed E-state index contributed by atoms with van der Waals surface area (Å²) in [7, 11) is -3.52. The fraction of sp³-hybridized carbons (Fsp3) is 0.667. The highest BCUT2D eigenvalue weighted by Crippen LogP contribution is 2.25. The van der Waals surface area contributed by atoms with Crippen molar-refractivity contribution in [3.63, 3.8) is 0 Å². The molecule has 3 N–H and O–H groups in total. The lowest BCUT2D eigenvalue weighted by molar-refractivity contribution is 0.0283. The number of aliphatic imine (C=N–C) groups is 1. The normalized spacial score (nSPS) is 20.7. The molecule has 0 aromatic carbocycles. The van der Waals surface area contributed by atoms with E-state index in [4.69, 9.17) is 16.3 Å². The number of nitrogens with one attached hydrogen (secondary N) is 3. The summed E-state index contributed by atoms with van der Waals surface area (Å²) >= 11 is 6.82. The van der Waals surface area contributed by atoms with Gasteiger partial charge in [-0.05, 0) is 38.8 Å². The first-order chi connectivity index (χ1) is 11.8. The summed E-state index contributed by atoms with van der Waals surface area (Å²) in [5.74, 6) is 0.651. The van der Waals surface area contributed by atoms with Gasteiger partial charge in [-0.2, -0.15) is 0 Å². The van der Waals surface area contributed by atoms with Gasteiger partial charge in [-0.3, -0.25) is 4.99 Å². The zero-order valence-corrected chi connectivity index (χ0v) is 19.6. The second kappa shape index (κ2) is 11.0. The Balaban J connectivity index is 0.00000338. The monoisotopic (exact) mass is 536 g/mol. The Labute approximate surface area is 181 Å². The number of hydrogen-bond donors (Lipinski definition) is 3. The Bertz CT molecular complexity index is 691.